The lowest BCUT2D eigenvalue weighted by molar-refractivity contribution is -0.0499. The van der Waals surface area contributed by atoms with Gasteiger partial charge in [-0.2, -0.15) is 0 Å². The number of hydrogen-bond donors (Lipinski definition) is 1. The minimum absolute atomic E-state index is 0.131. The molecule has 3 unspecified atom stereocenters. The first-order valence-electron chi connectivity index (χ1n) is 7.24. The SMILES string of the molecule is Cc1ccc(C(N)CCN2CC(C)OCC2C)cc1. The normalized spacial score (nSPS) is 26.3. The van der Waals surface area contributed by atoms with Crippen LogP contribution in [0, 0.1) is 6.92 Å². The van der Waals surface area contributed by atoms with E-state index in [0.29, 0.717) is 12.1 Å². The van der Waals surface area contributed by atoms with Crippen molar-refractivity contribution < 1.29 is 4.74 Å². The van der Waals surface area contributed by atoms with E-state index in [1.165, 1.54) is 11.1 Å². The summed E-state index contributed by atoms with van der Waals surface area (Å²) in [5, 5.41) is 0. The zero-order valence-corrected chi connectivity index (χ0v) is 12.3. The van der Waals surface area contributed by atoms with E-state index in [1.54, 1.807) is 0 Å². The van der Waals surface area contributed by atoms with Crippen molar-refractivity contribution in [3.8, 4) is 0 Å². The Bertz CT molecular complexity index is 390. The molecule has 1 saturated heterocycles. The van der Waals surface area contributed by atoms with Crippen LogP contribution in [0.2, 0.25) is 0 Å². The molecule has 1 fully saturated rings. The van der Waals surface area contributed by atoms with E-state index < -0.39 is 0 Å². The molecule has 2 rings (SSSR count). The monoisotopic (exact) mass is 262 g/mol. The van der Waals surface area contributed by atoms with Crippen LogP contribution in [0.3, 0.4) is 0 Å². The molecular weight excluding hydrogens is 236 g/mol. The summed E-state index contributed by atoms with van der Waals surface area (Å²) in [6, 6.07) is 9.19. The highest BCUT2D eigenvalue weighted by molar-refractivity contribution is 5.23. The third-order valence-corrected chi connectivity index (χ3v) is 3.97. The van der Waals surface area contributed by atoms with Crippen molar-refractivity contribution in [3.63, 3.8) is 0 Å². The van der Waals surface area contributed by atoms with Gasteiger partial charge in [-0.3, -0.25) is 4.90 Å². The molecule has 3 heteroatoms. The number of rotatable bonds is 4. The predicted octanol–water partition coefficient (Wildman–Crippen LogP) is 2.49. The fourth-order valence-electron chi connectivity index (χ4n) is 2.57. The number of benzene rings is 1. The molecule has 0 aliphatic carbocycles. The zero-order valence-electron chi connectivity index (χ0n) is 12.3. The Balaban J connectivity index is 1.85. The van der Waals surface area contributed by atoms with E-state index in [-0.39, 0.29) is 6.04 Å². The highest BCUT2D eigenvalue weighted by Gasteiger charge is 2.23. The largest absolute Gasteiger partial charge is 0.376 e. The van der Waals surface area contributed by atoms with Gasteiger partial charge in [0.2, 0.25) is 0 Å². The summed E-state index contributed by atoms with van der Waals surface area (Å²) >= 11 is 0. The summed E-state index contributed by atoms with van der Waals surface area (Å²) < 4.78 is 5.65. The topological polar surface area (TPSA) is 38.5 Å². The molecule has 1 aliphatic rings. The number of hydrogen-bond acceptors (Lipinski definition) is 3. The van der Waals surface area contributed by atoms with Crippen LogP contribution >= 0.6 is 0 Å². The summed E-state index contributed by atoms with van der Waals surface area (Å²) in [7, 11) is 0. The van der Waals surface area contributed by atoms with Crippen molar-refractivity contribution in [2.45, 2.75) is 45.4 Å². The van der Waals surface area contributed by atoms with E-state index in [0.717, 1.165) is 26.1 Å². The third kappa shape index (κ3) is 4.03. The summed E-state index contributed by atoms with van der Waals surface area (Å²) in [5.41, 5.74) is 8.80. The van der Waals surface area contributed by atoms with E-state index >= 15 is 0 Å². The average molecular weight is 262 g/mol. The molecule has 0 radical (unpaired) electrons. The van der Waals surface area contributed by atoms with Crippen molar-refractivity contribution in [2.75, 3.05) is 19.7 Å². The molecule has 0 saturated carbocycles. The standard InChI is InChI=1S/C16H26N2O/c1-12-4-6-15(7-5-12)16(17)8-9-18-10-14(3)19-11-13(18)2/h4-7,13-14,16H,8-11,17H2,1-3H3. The van der Waals surface area contributed by atoms with Crippen LogP contribution < -0.4 is 5.73 Å². The summed E-state index contributed by atoms with van der Waals surface area (Å²) in [6.45, 7) is 9.36. The van der Waals surface area contributed by atoms with Crippen molar-refractivity contribution in [3.05, 3.63) is 35.4 Å². The summed E-state index contributed by atoms with van der Waals surface area (Å²) in [6.07, 6.45) is 1.34. The Morgan fingerprint density at radius 1 is 1.32 bits per heavy atom. The molecule has 3 atom stereocenters. The van der Waals surface area contributed by atoms with Crippen LogP contribution in [-0.2, 0) is 4.74 Å². The average Bonchev–Trinajstić information content (AvgIpc) is 2.40. The van der Waals surface area contributed by atoms with Gasteiger partial charge in [-0.25, -0.2) is 0 Å². The first kappa shape index (κ1) is 14.5. The Morgan fingerprint density at radius 2 is 2.00 bits per heavy atom. The van der Waals surface area contributed by atoms with Crippen LogP contribution in [-0.4, -0.2) is 36.7 Å². The smallest absolute Gasteiger partial charge is 0.0674 e. The number of morpholine rings is 1. The first-order valence-corrected chi connectivity index (χ1v) is 7.24. The maximum atomic E-state index is 6.28. The van der Waals surface area contributed by atoms with Crippen molar-refractivity contribution in [2.24, 2.45) is 5.73 Å². The Morgan fingerprint density at radius 3 is 2.68 bits per heavy atom. The van der Waals surface area contributed by atoms with Crippen LogP contribution in [0.15, 0.2) is 24.3 Å². The van der Waals surface area contributed by atoms with E-state index in [1.807, 2.05) is 0 Å². The van der Waals surface area contributed by atoms with Gasteiger partial charge in [0.15, 0.2) is 0 Å². The quantitative estimate of drug-likeness (QED) is 0.906. The van der Waals surface area contributed by atoms with E-state index in [4.69, 9.17) is 10.5 Å². The molecule has 0 amide bonds. The fourth-order valence-corrected chi connectivity index (χ4v) is 2.57. The lowest BCUT2D eigenvalue weighted by Gasteiger charge is -2.37. The second-order valence-electron chi connectivity index (χ2n) is 5.79. The lowest BCUT2D eigenvalue weighted by Crippen LogP contribution is -2.47. The highest BCUT2D eigenvalue weighted by atomic mass is 16.5. The number of nitrogens with two attached hydrogens (primary N) is 1. The molecule has 0 bridgehead atoms. The summed E-state index contributed by atoms with van der Waals surface area (Å²) in [5.74, 6) is 0. The van der Waals surface area contributed by atoms with Crippen molar-refractivity contribution in [1.82, 2.24) is 4.90 Å². The van der Waals surface area contributed by atoms with Gasteiger partial charge in [0.1, 0.15) is 0 Å². The Kier molecular flexibility index (Phi) is 4.97. The summed E-state index contributed by atoms with van der Waals surface area (Å²) in [4.78, 5) is 2.49. The van der Waals surface area contributed by atoms with Crippen LogP contribution in [0.4, 0.5) is 0 Å². The molecule has 2 N–H and O–H groups in total. The fraction of sp³-hybridized carbons (Fsp3) is 0.625. The molecule has 1 heterocycles. The van der Waals surface area contributed by atoms with Gasteiger partial charge in [0.25, 0.3) is 0 Å². The minimum Gasteiger partial charge on any atom is -0.376 e. The highest BCUT2D eigenvalue weighted by Crippen LogP contribution is 2.18. The molecule has 1 aromatic carbocycles. The van der Waals surface area contributed by atoms with Gasteiger partial charge in [-0.1, -0.05) is 29.8 Å². The first-order chi connectivity index (χ1) is 9.06. The number of nitrogens with zero attached hydrogens (tertiary/aromatic N) is 1. The van der Waals surface area contributed by atoms with Crippen LogP contribution in [0.5, 0.6) is 0 Å². The lowest BCUT2D eigenvalue weighted by atomic mass is 10.0. The molecule has 1 aromatic rings. The maximum Gasteiger partial charge on any atom is 0.0674 e. The Hall–Kier alpha value is -0.900. The van der Waals surface area contributed by atoms with Crippen molar-refractivity contribution >= 4 is 0 Å². The second-order valence-corrected chi connectivity index (χ2v) is 5.79. The predicted molar refractivity (Wildman–Crippen MR) is 79.2 cm³/mol. The van der Waals surface area contributed by atoms with E-state index in [2.05, 4.69) is 49.9 Å². The van der Waals surface area contributed by atoms with Gasteiger partial charge in [0, 0.05) is 25.2 Å². The van der Waals surface area contributed by atoms with Gasteiger partial charge >= 0.3 is 0 Å². The molecule has 0 spiro atoms. The second kappa shape index (κ2) is 6.51. The third-order valence-electron chi connectivity index (χ3n) is 3.97. The number of aryl methyl sites for hydroxylation is 1. The number of ether oxygens (including phenoxy) is 1. The Labute approximate surface area is 116 Å². The molecule has 1 aliphatic heterocycles. The zero-order chi connectivity index (χ0) is 13.8. The molecule has 3 nitrogen and oxygen atoms in total. The van der Waals surface area contributed by atoms with Crippen LogP contribution in [0.1, 0.15) is 37.4 Å². The van der Waals surface area contributed by atoms with Crippen LogP contribution in [0.25, 0.3) is 0 Å². The van der Waals surface area contributed by atoms with Gasteiger partial charge < -0.3 is 10.5 Å². The molecule has 106 valence electrons. The van der Waals surface area contributed by atoms with Crippen molar-refractivity contribution in [1.29, 1.82) is 0 Å². The molecule has 0 aromatic heterocycles. The molecule has 19 heavy (non-hydrogen) atoms. The van der Waals surface area contributed by atoms with Gasteiger partial charge in [-0.15, -0.1) is 0 Å². The maximum absolute atomic E-state index is 6.28. The van der Waals surface area contributed by atoms with Gasteiger partial charge in [0.05, 0.1) is 12.7 Å². The van der Waals surface area contributed by atoms with Gasteiger partial charge in [-0.05, 0) is 32.8 Å². The van der Waals surface area contributed by atoms with E-state index in [9.17, 15) is 0 Å². The minimum atomic E-state index is 0.131. The molecular formula is C16H26N2O.